The van der Waals surface area contributed by atoms with E-state index in [4.69, 9.17) is 27.9 Å². The molecular weight excluding hydrogens is 327 g/mol. The van der Waals surface area contributed by atoms with Crippen LogP contribution in [0.15, 0.2) is 42.5 Å². The minimum absolute atomic E-state index is 0.0651. The van der Waals surface area contributed by atoms with E-state index < -0.39 is 11.9 Å². The Kier molecular flexibility index (Phi) is 5.41. The van der Waals surface area contributed by atoms with Crippen molar-refractivity contribution in [3.63, 3.8) is 0 Å². The number of hydrogen-bond donors (Lipinski definition) is 0. The zero-order valence-electron chi connectivity index (χ0n) is 11.6. The molecule has 0 saturated heterocycles. The number of carbonyl (C=O) groups is 2. The van der Waals surface area contributed by atoms with Gasteiger partial charge in [0.2, 0.25) is 0 Å². The number of esters is 2. The van der Waals surface area contributed by atoms with Crippen LogP contribution < -0.4 is 4.74 Å². The van der Waals surface area contributed by atoms with Gasteiger partial charge in [0.1, 0.15) is 5.75 Å². The molecule has 0 saturated carbocycles. The van der Waals surface area contributed by atoms with Crippen LogP contribution in [0.2, 0.25) is 10.0 Å². The molecule has 0 aliphatic rings. The van der Waals surface area contributed by atoms with Crippen LogP contribution in [0, 0.1) is 0 Å². The number of ether oxygens (including phenoxy) is 2. The molecule has 0 spiro atoms. The summed E-state index contributed by atoms with van der Waals surface area (Å²) in [5, 5.41) is 0.812. The number of benzene rings is 2. The minimum atomic E-state index is -0.450. The van der Waals surface area contributed by atoms with Gasteiger partial charge in [-0.15, -0.1) is 0 Å². The summed E-state index contributed by atoms with van der Waals surface area (Å²) < 4.78 is 9.78. The zero-order chi connectivity index (χ0) is 16.1. The van der Waals surface area contributed by atoms with Crippen molar-refractivity contribution in [2.24, 2.45) is 0 Å². The van der Waals surface area contributed by atoms with Crippen molar-refractivity contribution in [3.8, 4) is 5.75 Å². The number of methoxy groups -OCH3 is 1. The second-order valence-electron chi connectivity index (χ2n) is 4.42. The van der Waals surface area contributed by atoms with E-state index in [9.17, 15) is 9.59 Å². The highest BCUT2D eigenvalue weighted by atomic mass is 35.5. The standard InChI is InChI=1S/C16H12Cl2O4/c1-21-16(20)11-3-5-12(6-4-11)22-15(19)9-10-2-7-13(17)14(18)8-10/h2-8H,9H2,1H3. The first kappa shape index (κ1) is 16.3. The minimum Gasteiger partial charge on any atom is -0.465 e. The first-order valence-corrected chi connectivity index (χ1v) is 7.08. The lowest BCUT2D eigenvalue weighted by Crippen LogP contribution is -2.11. The summed E-state index contributed by atoms with van der Waals surface area (Å²) in [5.41, 5.74) is 1.08. The van der Waals surface area contributed by atoms with Crippen molar-refractivity contribution in [1.82, 2.24) is 0 Å². The third kappa shape index (κ3) is 4.23. The van der Waals surface area contributed by atoms with E-state index in [1.165, 1.54) is 31.4 Å². The topological polar surface area (TPSA) is 52.6 Å². The molecule has 0 aliphatic carbocycles. The zero-order valence-corrected chi connectivity index (χ0v) is 13.1. The molecule has 0 atom stereocenters. The Labute approximate surface area is 137 Å². The third-order valence-electron chi connectivity index (χ3n) is 2.84. The fraction of sp³-hybridized carbons (Fsp3) is 0.125. The van der Waals surface area contributed by atoms with E-state index in [0.717, 1.165) is 0 Å². The fourth-order valence-electron chi connectivity index (χ4n) is 1.76. The van der Waals surface area contributed by atoms with Crippen LogP contribution in [0.1, 0.15) is 15.9 Å². The molecule has 0 fully saturated rings. The lowest BCUT2D eigenvalue weighted by molar-refractivity contribution is -0.133. The van der Waals surface area contributed by atoms with Crippen molar-refractivity contribution in [2.45, 2.75) is 6.42 Å². The third-order valence-corrected chi connectivity index (χ3v) is 3.58. The van der Waals surface area contributed by atoms with Gasteiger partial charge >= 0.3 is 11.9 Å². The first-order valence-electron chi connectivity index (χ1n) is 6.32. The van der Waals surface area contributed by atoms with E-state index in [1.54, 1.807) is 18.2 Å². The maximum absolute atomic E-state index is 11.9. The summed E-state index contributed by atoms with van der Waals surface area (Å²) in [7, 11) is 1.30. The molecule has 0 aromatic heterocycles. The van der Waals surface area contributed by atoms with Gasteiger partial charge in [-0.3, -0.25) is 4.79 Å². The smallest absolute Gasteiger partial charge is 0.337 e. The molecule has 2 rings (SSSR count). The summed E-state index contributed by atoms with van der Waals surface area (Å²) in [6.45, 7) is 0. The van der Waals surface area contributed by atoms with Gasteiger partial charge in [0.05, 0.1) is 29.1 Å². The Morgan fingerprint density at radius 1 is 1.00 bits per heavy atom. The van der Waals surface area contributed by atoms with Gasteiger partial charge in [-0.25, -0.2) is 4.79 Å². The lowest BCUT2D eigenvalue weighted by atomic mass is 10.1. The van der Waals surface area contributed by atoms with Gasteiger partial charge < -0.3 is 9.47 Å². The van der Waals surface area contributed by atoms with Crippen LogP contribution in [0.3, 0.4) is 0 Å². The van der Waals surface area contributed by atoms with Crippen LogP contribution in [0.25, 0.3) is 0 Å². The molecule has 0 aliphatic heterocycles. The van der Waals surface area contributed by atoms with Gasteiger partial charge in [0.25, 0.3) is 0 Å². The van der Waals surface area contributed by atoms with Crippen molar-refractivity contribution >= 4 is 35.1 Å². The summed E-state index contributed by atoms with van der Waals surface area (Å²) in [6.07, 6.45) is 0.0651. The number of halogens is 2. The van der Waals surface area contributed by atoms with Gasteiger partial charge in [0, 0.05) is 0 Å². The summed E-state index contributed by atoms with van der Waals surface area (Å²) >= 11 is 11.7. The van der Waals surface area contributed by atoms with E-state index in [0.29, 0.717) is 26.9 Å². The van der Waals surface area contributed by atoms with Crippen LogP contribution in [0.5, 0.6) is 5.75 Å². The molecule has 2 aromatic carbocycles. The van der Waals surface area contributed by atoms with Crippen LogP contribution in [0.4, 0.5) is 0 Å². The molecule has 0 bridgehead atoms. The highest BCUT2D eigenvalue weighted by Crippen LogP contribution is 2.23. The van der Waals surface area contributed by atoms with Gasteiger partial charge in [-0.2, -0.15) is 0 Å². The average Bonchev–Trinajstić information content (AvgIpc) is 2.51. The molecule has 0 N–H and O–H groups in total. The van der Waals surface area contributed by atoms with Crippen molar-refractivity contribution < 1.29 is 19.1 Å². The summed E-state index contributed by atoms with van der Waals surface area (Å²) in [6, 6.07) is 11.0. The first-order chi connectivity index (χ1) is 10.5. The van der Waals surface area contributed by atoms with Gasteiger partial charge in [-0.05, 0) is 42.0 Å². The molecular formula is C16H12Cl2O4. The molecule has 0 heterocycles. The van der Waals surface area contributed by atoms with Crippen LogP contribution in [-0.4, -0.2) is 19.0 Å². The monoisotopic (exact) mass is 338 g/mol. The van der Waals surface area contributed by atoms with Crippen molar-refractivity contribution in [3.05, 3.63) is 63.6 Å². The highest BCUT2D eigenvalue weighted by Gasteiger charge is 2.10. The quantitative estimate of drug-likeness (QED) is 0.626. The Balaban J connectivity index is 1.99. The maximum atomic E-state index is 11.9. The predicted octanol–water partition coefficient (Wildman–Crippen LogP) is 3.93. The average molecular weight is 339 g/mol. The Bertz CT molecular complexity index is 696. The molecule has 0 radical (unpaired) electrons. The largest absolute Gasteiger partial charge is 0.465 e. The Hall–Kier alpha value is -2.04. The SMILES string of the molecule is COC(=O)c1ccc(OC(=O)Cc2ccc(Cl)c(Cl)c2)cc1. The molecule has 0 unspecified atom stereocenters. The summed E-state index contributed by atoms with van der Waals surface area (Å²) in [5.74, 6) is -0.546. The molecule has 6 heteroatoms. The maximum Gasteiger partial charge on any atom is 0.337 e. The normalized spacial score (nSPS) is 10.1. The van der Waals surface area contributed by atoms with Crippen molar-refractivity contribution in [1.29, 1.82) is 0 Å². The lowest BCUT2D eigenvalue weighted by Gasteiger charge is -2.06. The van der Waals surface area contributed by atoms with E-state index >= 15 is 0 Å². The number of hydrogen-bond acceptors (Lipinski definition) is 4. The molecule has 114 valence electrons. The molecule has 22 heavy (non-hydrogen) atoms. The summed E-state index contributed by atoms with van der Waals surface area (Å²) in [4.78, 5) is 23.2. The number of rotatable bonds is 4. The van der Waals surface area contributed by atoms with E-state index in [-0.39, 0.29) is 6.42 Å². The fourth-order valence-corrected chi connectivity index (χ4v) is 2.08. The highest BCUT2D eigenvalue weighted by molar-refractivity contribution is 6.42. The Morgan fingerprint density at radius 2 is 1.68 bits per heavy atom. The van der Waals surface area contributed by atoms with Gasteiger partial charge in [-0.1, -0.05) is 29.3 Å². The van der Waals surface area contributed by atoms with E-state index in [1.807, 2.05) is 0 Å². The molecule has 4 nitrogen and oxygen atoms in total. The van der Waals surface area contributed by atoms with Crippen molar-refractivity contribution in [2.75, 3.05) is 7.11 Å². The Morgan fingerprint density at radius 3 is 2.27 bits per heavy atom. The second-order valence-corrected chi connectivity index (χ2v) is 5.23. The van der Waals surface area contributed by atoms with E-state index in [2.05, 4.69) is 4.74 Å². The predicted molar refractivity (Wildman–Crippen MR) is 83.6 cm³/mol. The van der Waals surface area contributed by atoms with Gasteiger partial charge in [0.15, 0.2) is 0 Å². The van der Waals surface area contributed by atoms with Crippen LogP contribution in [-0.2, 0) is 16.0 Å². The molecule has 0 amide bonds. The number of carbonyl (C=O) groups excluding carboxylic acids is 2. The van der Waals surface area contributed by atoms with Crippen LogP contribution >= 0.6 is 23.2 Å². The second kappa shape index (κ2) is 7.29. The molecule has 2 aromatic rings.